The molecule has 1 atom stereocenters. The van der Waals surface area contributed by atoms with Gasteiger partial charge in [-0.05, 0) is 61.4 Å². The van der Waals surface area contributed by atoms with Crippen molar-refractivity contribution in [1.29, 1.82) is 0 Å². The second-order valence-corrected chi connectivity index (χ2v) is 11.0. The first kappa shape index (κ1) is 28.7. The molecule has 0 bridgehead atoms. The number of allylic oxidation sites excluding steroid dienone is 1. The first-order valence-electron chi connectivity index (χ1n) is 12.8. The number of rotatable bonds is 8. The van der Waals surface area contributed by atoms with Crippen LogP contribution < -0.4 is 24.4 Å². The first-order chi connectivity index (χ1) is 19.8. The van der Waals surface area contributed by atoms with Gasteiger partial charge in [0, 0.05) is 15.6 Å². The van der Waals surface area contributed by atoms with Gasteiger partial charge in [0.15, 0.2) is 16.3 Å². The Morgan fingerprint density at radius 2 is 1.80 bits per heavy atom. The van der Waals surface area contributed by atoms with Gasteiger partial charge in [0.1, 0.15) is 6.61 Å². The second-order valence-electron chi connectivity index (χ2n) is 9.14. The highest BCUT2D eigenvalue weighted by Gasteiger charge is 2.33. The van der Waals surface area contributed by atoms with Gasteiger partial charge in [0.25, 0.3) is 5.56 Å². The predicted octanol–water partition coefficient (Wildman–Crippen LogP) is 5.69. The third-order valence-electron chi connectivity index (χ3n) is 6.52. The highest BCUT2D eigenvalue weighted by molar-refractivity contribution is 7.07. The largest absolute Gasteiger partial charge is 0.490 e. The highest BCUT2D eigenvalue weighted by atomic mass is 35.5. The number of halogens is 2. The van der Waals surface area contributed by atoms with Crippen LogP contribution in [0, 0.1) is 0 Å². The molecular formula is C31H26Cl2N2O5S. The molecule has 41 heavy (non-hydrogen) atoms. The van der Waals surface area contributed by atoms with Crippen LogP contribution in [0.2, 0.25) is 10.0 Å². The number of hydrogen-bond donors (Lipinski definition) is 0. The molecule has 5 rings (SSSR count). The maximum absolute atomic E-state index is 13.8. The zero-order valence-corrected chi connectivity index (χ0v) is 24.8. The maximum atomic E-state index is 13.8. The van der Waals surface area contributed by atoms with Gasteiger partial charge >= 0.3 is 5.97 Å². The minimum Gasteiger partial charge on any atom is -0.490 e. The number of aromatic nitrogens is 1. The van der Waals surface area contributed by atoms with Crippen molar-refractivity contribution < 1.29 is 19.0 Å². The van der Waals surface area contributed by atoms with Gasteiger partial charge in [0.2, 0.25) is 0 Å². The number of esters is 1. The number of carbonyl (C=O) groups excluding carboxylic acids is 1. The summed E-state index contributed by atoms with van der Waals surface area (Å²) in [6.07, 6.45) is 1.78. The van der Waals surface area contributed by atoms with Gasteiger partial charge in [-0.3, -0.25) is 9.36 Å². The van der Waals surface area contributed by atoms with Gasteiger partial charge < -0.3 is 14.2 Å². The molecule has 210 valence electrons. The van der Waals surface area contributed by atoms with Gasteiger partial charge in [0.05, 0.1) is 35.6 Å². The van der Waals surface area contributed by atoms with Gasteiger partial charge in [-0.15, -0.1) is 0 Å². The molecule has 0 amide bonds. The molecule has 2 heterocycles. The summed E-state index contributed by atoms with van der Waals surface area (Å²) in [6, 6.07) is 19.3. The zero-order chi connectivity index (χ0) is 29.1. The molecule has 0 saturated heterocycles. The van der Waals surface area contributed by atoms with Crippen LogP contribution in [0.4, 0.5) is 0 Å². The average Bonchev–Trinajstić information content (AvgIpc) is 3.26. The molecule has 0 fully saturated rings. The zero-order valence-electron chi connectivity index (χ0n) is 22.5. The Morgan fingerprint density at radius 1 is 1.05 bits per heavy atom. The number of nitrogens with zero attached hydrogens (tertiary/aromatic N) is 2. The van der Waals surface area contributed by atoms with E-state index in [2.05, 4.69) is 4.99 Å². The number of benzene rings is 3. The molecule has 1 aliphatic rings. The number of hydrogen-bond acceptors (Lipinski definition) is 7. The van der Waals surface area contributed by atoms with Crippen molar-refractivity contribution in [1.82, 2.24) is 4.57 Å². The Bertz CT molecular complexity index is 1830. The fourth-order valence-electron chi connectivity index (χ4n) is 4.58. The number of thiazole rings is 1. The van der Waals surface area contributed by atoms with E-state index in [1.807, 2.05) is 43.3 Å². The Labute approximate surface area is 250 Å². The fourth-order valence-corrected chi connectivity index (χ4v) is 5.94. The van der Waals surface area contributed by atoms with Crippen molar-refractivity contribution in [3.05, 3.63) is 124 Å². The molecule has 0 N–H and O–H groups in total. The lowest BCUT2D eigenvalue weighted by Gasteiger charge is -2.24. The average molecular weight is 610 g/mol. The van der Waals surface area contributed by atoms with Crippen LogP contribution in [0.15, 0.2) is 87.8 Å². The summed E-state index contributed by atoms with van der Waals surface area (Å²) in [5, 5.41) is 1.17. The molecule has 0 aliphatic carbocycles. The van der Waals surface area contributed by atoms with Gasteiger partial charge in [-0.25, -0.2) is 9.79 Å². The molecule has 0 radical (unpaired) electrons. The lowest BCUT2D eigenvalue weighted by Crippen LogP contribution is -2.39. The Hall–Kier alpha value is -3.85. The summed E-state index contributed by atoms with van der Waals surface area (Å²) >= 11 is 13.6. The first-order valence-corrected chi connectivity index (χ1v) is 14.4. The van der Waals surface area contributed by atoms with Crippen molar-refractivity contribution >= 4 is 46.6 Å². The van der Waals surface area contributed by atoms with Gasteiger partial charge in [-0.1, -0.05) is 70.9 Å². The molecule has 10 heteroatoms. The van der Waals surface area contributed by atoms with Crippen LogP contribution in [0.1, 0.15) is 36.6 Å². The predicted molar refractivity (Wildman–Crippen MR) is 161 cm³/mol. The third-order valence-corrected chi connectivity index (χ3v) is 8.12. The number of methoxy groups -OCH3 is 1. The van der Waals surface area contributed by atoms with E-state index >= 15 is 0 Å². The molecule has 4 aromatic rings. The van der Waals surface area contributed by atoms with Crippen LogP contribution >= 0.6 is 34.5 Å². The Balaban J connectivity index is 1.56. The Kier molecular flexibility index (Phi) is 8.63. The summed E-state index contributed by atoms with van der Waals surface area (Å²) in [7, 11) is 1.31. The topological polar surface area (TPSA) is 79.1 Å². The summed E-state index contributed by atoms with van der Waals surface area (Å²) in [5.41, 5.74) is 2.83. The normalized spacial score (nSPS) is 14.9. The van der Waals surface area contributed by atoms with E-state index in [-0.39, 0.29) is 12.2 Å². The summed E-state index contributed by atoms with van der Waals surface area (Å²) in [4.78, 5) is 31.7. The van der Waals surface area contributed by atoms with Gasteiger partial charge in [-0.2, -0.15) is 0 Å². The minimum absolute atomic E-state index is 0.278. The van der Waals surface area contributed by atoms with Crippen molar-refractivity contribution in [3.8, 4) is 11.5 Å². The van der Waals surface area contributed by atoms with Crippen molar-refractivity contribution in [2.45, 2.75) is 26.5 Å². The van der Waals surface area contributed by atoms with Crippen LogP contribution in [0.25, 0.3) is 6.08 Å². The number of carbonyl (C=O) groups is 1. The molecule has 3 aromatic carbocycles. The fraction of sp³-hybridized carbons (Fsp3) is 0.194. The van der Waals surface area contributed by atoms with E-state index in [0.717, 1.165) is 16.7 Å². The molecular weight excluding hydrogens is 583 g/mol. The second kappa shape index (κ2) is 12.3. The standard InChI is InChI=1S/C31H26Cl2N2O5S/c1-4-39-25-15-19(9-14-24(25)40-17-21-7-5-6-8-23(21)33)16-26-29(36)35-28(20-10-12-22(32)13-11-20)27(30(37)38-3)18(2)34-31(35)41-26/h5-16,28H,4,17H2,1-3H3/b26-16-/t28-/m0/s1. The molecule has 0 saturated carbocycles. The van der Waals surface area contributed by atoms with Crippen LogP contribution in [0.5, 0.6) is 11.5 Å². The minimum atomic E-state index is -0.710. The summed E-state index contributed by atoms with van der Waals surface area (Å²) in [5.74, 6) is 0.560. The molecule has 7 nitrogen and oxygen atoms in total. The van der Waals surface area contributed by atoms with Crippen molar-refractivity contribution in [2.24, 2.45) is 4.99 Å². The molecule has 1 aliphatic heterocycles. The molecule has 1 aromatic heterocycles. The maximum Gasteiger partial charge on any atom is 0.338 e. The number of ether oxygens (including phenoxy) is 3. The summed E-state index contributed by atoms with van der Waals surface area (Å²) < 4.78 is 18.9. The highest BCUT2D eigenvalue weighted by Crippen LogP contribution is 2.32. The number of fused-ring (bicyclic) bond motifs is 1. The summed E-state index contributed by atoms with van der Waals surface area (Å²) in [6.45, 7) is 4.34. The Morgan fingerprint density at radius 3 is 2.51 bits per heavy atom. The molecule has 0 spiro atoms. The monoisotopic (exact) mass is 608 g/mol. The van der Waals surface area contributed by atoms with Crippen molar-refractivity contribution in [2.75, 3.05) is 13.7 Å². The quantitative estimate of drug-likeness (QED) is 0.240. The van der Waals surface area contributed by atoms with E-state index in [1.54, 1.807) is 43.3 Å². The van der Waals surface area contributed by atoms with E-state index in [1.165, 1.54) is 23.0 Å². The van der Waals surface area contributed by atoms with E-state index in [9.17, 15) is 9.59 Å². The van der Waals surface area contributed by atoms with E-state index in [0.29, 0.717) is 48.8 Å². The van der Waals surface area contributed by atoms with Crippen LogP contribution in [-0.4, -0.2) is 24.3 Å². The van der Waals surface area contributed by atoms with Crippen LogP contribution in [-0.2, 0) is 16.1 Å². The smallest absolute Gasteiger partial charge is 0.338 e. The lowest BCUT2D eigenvalue weighted by molar-refractivity contribution is -0.136. The molecule has 0 unspecified atom stereocenters. The SMILES string of the molecule is CCOc1cc(/C=c2\sc3n(c2=O)[C@@H](c2ccc(Cl)cc2)C(C(=O)OC)=C(C)N=3)ccc1OCc1ccccc1Cl. The van der Waals surface area contributed by atoms with Crippen LogP contribution in [0.3, 0.4) is 0 Å². The van der Waals surface area contributed by atoms with Crippen molar-refractivity contribution in [3.63, 3.8) is 0 Å². The van der Waals surface area contributed by atoms with E-state index in [4.69, 9.17) is 37.4 Å². The third kappa shape index (κ3) is 5.95. The lowest BCUT2D eigenvalue weighted by atomic mass is 9.96. The van der Waals surface area contributed by atoms with E-state index < -0.39 is 12.0 Å².